The molecule has 0 bridgehead atoms. The van der Waals surface area contributed by atoms with Gasteiger partial charge < -0.3 is 5.32 Å². The maximum Gasteiger partial charge on any atom is 0.0277 e. The van der Waals surface area contributed by atoms with Gasteiger partial charge in [-0.1, -0.05) is 24.3 Å². The summed E-state index contributed by atoms with van der Waals surface area (Å²) < 4.78 is 0. The highest BCUT2D eigenvalue weighted by molar-refractivity contribution is 5.22. The lowest BCUT2D eigenvalue weighted by molar-refractivity contribution is 0.0360. The number of likely N-dealkylation sites (N-methyl/N-ethyl adjacent to an activating group) is 1. The number of nitrogens with zero attached hydrogens (tertiary/aromatic N) is 2. The minimum absolute atomic E-state index is 0.284. The molecule has 21 heavy (non-hydrogen) atoms. The smallest absolute Gasteiger partial charge is 0.0277 e. The van der Waals surface area contributed by atoms with Gasteiger partial charge in [-0.15, -0.1) is 0 Å². The van der Waals surface area contributed by atoms with Crippen molar-refractivity contribution >= 4 is 0 Å². The first-order valence-corrected chi connectivity index (χ1v) is 8.28. The monoisotopic (exact) mass is 287 g/mol. The zero-order valence-electron chi connectivity index (χ0n) is 13.7. The fourth-order valence-electron chi connectivity index (χ4n) is 3.05. The Balaban J connectivity index is 1.52. The second-order valence-electron chi connectivity index (χ2n) is 7.42. The number of hydrogen-bond acceptors (Lipinski definition) is 3. The van der Waals surface area contributed by atoms with Crippen LogP contribution in [0.4, 0.5) is 0 Å². The van der Waals surface area contributed by atoms with Gasteiger partial charge in [0.1, 0.15) is 0 Å². The Hall–Kier alpha value is -0.900. The van der Waals surface area contributed by atoms with Gasteiger partial charge in [0.05, 0.1) is 0 Å². The van der Waals surface area contributed by atoms with Gasteiger partial charge in [0, 0.05) is 44.3 Å². The molecule has 0 radical (unpaired) electrons. The molecular weight excluding hydrogens is 258 g/mol. The number of rotatable bonds is 5. The highest BCUT2D eigenvalue weighted by atomic mass is 15.3. The third kappa shape index (κ3) is 4.06. The van der Waals surface area contributed by atoms with Crippen molar-refractivity contribution in [1.29, 1.82) is 0 Å². The molecule has 116 valence electrons. The van der Waals surface area contributed by atoms with E-state index in [-0.39, 0.29) is 5.54 Å². The van der Waals surface area contributed by atoms with Crippen molar-refractivity contribution in [3.63, 3.8) is 0 Å². The molecule has 1 N–H and O–H groups in total. The van der Waals surface area contributed by atoms with Crippen molar-refractivity contribution in [3.8, 4) is 0 Å². The molecule has 1 aliphatic carbocycles. The molecule has 1 saturated heterocycles. The second-order valence-corrected chi connectivity index (χ2v) is 7.42. The molecule has 1 aliphatic heterocycles. The Bertz CT molecular complexity index is 462. The first-order valence-electron chi connectivity index (χ1n) is 8.28. The lowest BCUT2D eigenvalue weighted by atomic mass is 9.99. The van der Waals surface area contributed by atoms with E-state index >= 15 is 0 Å². The van der Waals surface area contributed by atoms with Crippen LogP contribution in [0.25, 0.3) is 0 Å². The lowest BCUT2D eigenvalue weighted by Gasteiger charge is -2.45. The van der Waals surface area contributed by atoms with Gasteiger partial charge in [0.25, 0.3) is 0 Å². The Kier molecular flexibility index (Phi) is 4.34. The van der Waals surface area contributed by atoms with Gasteiger partial charge in [0.15, 0.2) is 0 Å². The molecular formula is C18H29N3. The van der Waals surface area contributed by atoms with Crippen LogP contribution in [0.3, 0.4) is 0 Å². The molecule has 1 aromatic rings. The van der Waals surface area contributed by atoms with E-state index in [4.69, 9.17) is 0 Å². The predicted octanol–water partition coefficient (Wildman–Crippen LogP) is 2.46. The average molecular weight is 287 g/mol. The second kappa shape index (κ2) is 6.07. The summed E-state index contributed by atoms with van der Waals surface area (Å²) in [7, 11) is 2.24. The molecule has 2 fully saturated rings. The van der Waals surface area contributed by atoms with Crippen LogP contribution in [-0.4, -0.2) is 48.1 Å². The molecule has 0 unspecified atom stereocenters. The van der Waals surface area contributed by atoms with E-state index in [1.54, 1.807) is 0 Å². The van der Waals surface area contributed by atoms with Crippen LogP contribution < -0.4 is 5.32 Å². The molecule has 3 rings (SSSR count). The Morgan fingerprint density at radius 3 is 2.38 bits per heavy atom. The zero-order chi connectivity index (χ0) is 14.9. The highest BCUT2D eigenvalue weighted by Gasteiger charge is 2.30. The van der Waals surface area contributed by atoms with Gasteiger partial charge in [-0.2, -0.15) is 0 Å². The number of hydrogen-bond donors (Lipinski definition) is 1. The SMILES string of the molecule is CN1CCN(Cc2ccc(CNC3CC3)cc2)CC1(C)C. The minimum atomic E-state index is 0.284. The quantitative estimate of drug-likeness (QED) is 0.897. The summed E-state index contributed by atoms with van der Waals surface area (Å²) >= 11 is 0. The van der Waals surface area contributed by atoms with Gasteiger partial charge >= 0.3 is 0 Å². The van der Waals surface area contributed by atoms with Crippen LogP contribution in [0.1, 0.15) is 37.8 Å². The summed E-state index contributed by atoms with van der Waals surface area (Å²) in [6.45, 7) is 10.3. The fourth-order valence-corrected chi connectivity index (χ4v) is 3.05. The molecule has 3 nitrogen and oxygen atoms in total. The van der Waals surface area contributed by atoms with Crippen LogP contribution >= 0.6 is 0 Å². The molecule has 0 amide bonds. The summed E-state index contributed by atoms with van der Waals surface area (Å²) in [6, 6.07) is 9.96. The number of nitrogens with one attached hydrogen (secondary N) is 1. The lowest BCUT2D eigenvalue weighted by Crippen LogP contribution is -2.57. The van der Waals surface area contributed by atoms with Crippen LogP contribution in [-0.2, 0) is 13.1 Å². The molecule has 1 saturated carbocycles. The van der Waals surface area contributed by atoms with Crippen LogP contribution in [0.15, 0.2) is 24.3 Å². The highest BCUT2D eigenvalue weighted by Crippen LogP contribution is 2.21. The summed E-state index contributed by atoms with van der Waals surface area (Å²) in [5.41, 5.74) is 3.13. The molecule has 3 heteroatoms. The Morgan fingerprint density at radius 1 is 1.10 bits per heavy atom. The normalized spacial score (nSPS) is 23.4. The minimum Gasteiger partial charge on any atom is -0.310 e. The van der Waals surface area contributed by atoms with Gasteiger partial charge in [-0.3, -0.25) is 9.80 Å². The van der Waals surface area contributed by atoms with Gasteiger partial charge in [-0.25, -0.2) is 0 Å². The zero-order valence-corrected chi connectivity index (χ0v) is 13.7. The summed E-state index contributed by atoms with van der Waals surface area (Å²) in [4.78, 5) is 5.05. The van der Waals surface area contributed by atoms with E-state index in [1.807, 2.05) is 0 Å². The predicted molar refractivity (Wildman–Crippen MR) is 88.3 cm³/mol. The van der Waals surface area contributed by atoms with E-state index in [1.165, 1.54) is 30.5 Å². The van der Waals surface area contributed by atoms with Gasteiger partial charge in [-0.05, 0) is 44.9 Å². The molecule has 0 atom stereocenters. The van der Waals surface area contributed by atoms with E-state index in [9.17, 15) is 0 Å². The third-order valence-corrected chi connectivity index (χ3v) is 5.00. The maximum absolute atomic E-state index is 3.57. The van der Waals surface area contributed by atoms with Crippen molar-refractivity contribution in [1.82, 2.24) is 15.1 Å². The molecule has 0 aromatic heterocycles. The van der Waals surface area contributed by atoms with E-state index in [0.717, 1.165) is 32.2 Å². The number of benzene rings is 1. The summed E-state index contributed by atoms with van der Waals surface area (Å²) in [5.74, 6) is 0. The molecule has 1 heterocycles. The maximum atomic E-state index is 3.57. The van der Waals surface area contributed by atoms with Crippen LogP contribution in [0.2, 0.25) is 0 Å². The molecule has 0 spiro atoms. The average Bonchev–Trinajstić information content (AvgIpc) is 3.26. The van der Waals surface area contributed by atoms with Gasteiger partial charge in [0.2, 0.25) is 0 Å². The van der Waals surface area contributed by atoms with Crippen molar-refractivity contribution in [2.45, 2.75) is 51.4 Å². The topological polar surface area (TPSA) is 18.5 Å². The first-order chi connectivity index (χ1) is 10.0. The largest absolute Gasteiger partial charge is 0.310 e. The number of piperazine rings is 1. The molecule has 1 aromatic carbocycles. The van der Waals surface area contributed by atoms with Crippen molar-refractivity contribution < 1.29 is 0 Å². The first kappa shape index (κ1) is 15.0. The Labute approximate surface area is 129 Å². The van der Waals surface area contributed by atoms with Crippen molar-refractivity contribution in [3.05, 3.63) is 35.4 Å². The van der Waals surface area contributed by atoms with E-state index in [0.29, 0.717) is 0 Å². The van der Waals surface area contributed by atoms with Crippen molar-refractivity contribution in [2.24, 2.45) is 0 Å². The van der Waals surface area contributed by atoms with Crippen molar-refractivity contribution in [2.75, 3.05) is 26.7 Å². The van der Waals surface area contributed by atoms with E-state index in [2.05, 4.69) is 60.3 Å². The fraction of sp³-hybridized carbons (Fsp3) is 0.667. The summed E-state index contributed by atoms with van der Waals surface area (Å²) in [5, 5.41) is 3.57. The standard InChI is InChI=1S/C18H29N3/c1-18(2)14-21(11-10-20(18)3)13-16-6-4-15(5-7-16)12-19-17-8-9-17/h4-7,17,19H,8-14H2,1-3H3. The Morgan fingerprint density at radius 2 is 1.76 bits per heavy atom. The summed E-state index contributed by atoms with van der Waals surface area (Å²) in [6.07, 6.45) is 2.72. The molecule has 2 aliphatic rings. The van der Waals surface area contributed by atoms with Crippen LogP contribution in [0.5, 0.6) is 0 Å². The van der Waals surface area contributed by atoms with E-state index < -0.39 is 0 Å². The van der Waals surface area contributed by atoms with Crippen LogP contribution in [0, 0.1) is 0 Å². The third-order valence-electron chi connectivity index (χ3n) is 5.00.